The lowest BCUT2D eigenvalue weighted by Gasteiger charge is -2.16. The Labute approximate surface area is 149 Å². The van der Waals surface area contributed by atoms with Crippen LogP contribution in [-0.2, 0) is 4.74 Å². The number of aromatic nitrogens is 4. The summed E-state index contributed by atoms with van der Waals surface area (Å²) in [6.07, 6.45) is -1.14. The molecule has 0 aromatic carbocycles. The normalized spacial score (nSPS) is 26.6. The van der Waals surface area contributed by atoms with Crippen LogP contribution in [0.4, 0.5) is 5.82 Å². The van der Waals surface area contributed by atoms with Crippen molar-refractivity contribution in [1.29, 1.82) is 0 Å². The third-order valence-electron chi connectivity index (χ3n) is 4.00. The van der Waals surface area contributed by atoms with E-state index in [9.17, 15) is 15.3 Å². The molecule has 9 nitrogen and oxygen atoms in total. The lowest BCUT2D eigenvalue weighted by atomic mass is 10.1. The Balaban J connectivity index is 1.79. The highest BCUT2D eigenvalue weighted by Crippen LogP contribution is 2.32. The fourth-order valence-corrected chi connectivity index (χ4v) is 3.43. The van der Waals surface area contributed by atoms with Gasteiger partial charge in [0.15, 0.2) is 23.2 Å². The summed E-state index contributed by atoms with van der Waals surface area (Å²) in [6, 6.07) is 0. The molecule has 10 heteroatoms. The van der Waals surface area contributed by atoms with Gasteiger partial charge >= 0.3 is 0 Å². The fraction of sp³-hybridized carbons (Fsp3) is 0.667. The monoisotopic (exact) mass is 369 g/mol. The molecular weight excluding hydrogens is 346 g/mol. The van der Waals surface area contributed by atoms with Gasteiger partial charge in [-0.05, 0) is 5.25 Å². The minimum Gasteiger partial charge on any atom is -0.394 e. The van der Waals surface area contributed by atoms with Crippen LogP contribution in [0, 0.1) is 0 Å². The molecule has 4 atom stereocenters. The Morgan fingerprint density at radius 2 is 2.08 bits per heavy atom. The van der Waals surface area contributed by atoms with Gasteiger partial charge in [-0.1, -0.05) is 13.8 Å². The summed E-state index contributed by atoms with van der Waals surface area (Å²) >= 11 is 1.85. The number of nitrogens with one attached hydrogen (secondary N) is 1. The summed E-state index contributed by atoms with van der Waals surface area (Å²) in [6.45, 7) is 4.67. The number of imidazole rings is 1. The Hall–Kier alpha value is -1.46. The topological polar surface area (TPSA) is 126 Å². The highest BCUT2D eigenvalue weighted by Gasteiger charge is 2.44. The maximum atomic E-state index is 10.2. The second-order valence-corrected chi connectivity index (χ2v) is 7.81. The van der Waals surface area contributed by atoms with E-state index in [1.165, 1.54) is 12.7 Å². The molecule has 0 unspecified atom stereocenters. The van der Waals surface area contributed by atoms with Gasteiger partial charge in [0.05, 0.1) is 12.9 Å². The first-order valence-electron chi connectivity index (χ1n) is 8.18. The number of ether oxygens (including phenoxy) is 1. The van der Waals surface area contributed by atoms with Gasteiger partial charge in [-0.3, -0.25) is 4.57 Å². The van der Waals surface area contributed by atoms with Crippen LogP contribution in [0.1, 0.15) is 20.1 Å². The van der Waals surface area contributed by atoms with Crippen molar-refractivity contribution in [3.8, 4) is 0 Å². The van der Waals surface area contributed by atoms with Crippen molar-refractivity contribution in [2.24, 2.45) is 0 Å². The van der Waals surface area contributed by atoms with Gasteiger partial charge < -0.3 is 25.4 Å². The quantitative estimate of drug-likeness (QED) is 0.499. The van der Waals surface area contributed by atoms with Crippen molar-refractivity contribution in [1.82, 2.24) is 19.5 Å². The Kier molecular flexibility index (Phi) is 5.74. The minimum absolute atomic E-state index is 0.378. The molecule has 1 aliphatic rings. The van der Waals surface area contributed by atoms with E-state index < -0.39 is 24.5 Å². The van der Waals surface area contributed by atoms with E-state index in [4.69, 9.17) is 4.74 Å². The van der Waals surface area contributed by atoms with E-state index in [0.29, 0.717) is 22.2 Å². The molecule has 4 N–H and O–H groups in total. The smallest absolute Gasteiger partial charge is 0.167 e. The number of nitrogens with zero attached hydrogens (tertiary/aromatic N) is 4. The number of aliphatic hydroxyl groups excluding tert-OH is 3. The van der Waals surface area contributed by atoms with Gasteiger partial charge in [-0.15, -0.1) is 0 Å². The number of hydrogen-bond donors (Lipinski definition) is 4. The maximum Gasteiger partial charge on any atom is 0.167 e. The molecule has 1 fully saturated rings. The average Bonchev–Trinajstić information content (AvgIpc) is 3.14. The highest BCUT2D eigenvalue weighted by molar-refractivity contribution is 7.99. The van der Waals surface area contributed by atoms with Crippen LogP contribution in [0.3, 0.4) is 0 Å². The van der Waals surface area contributed by atoms with Crippen LogP contribution in [-0.4, -0.2) is 77.3 Å². The lowest BCUT2D eigenvalue weighted by molar-refractivity contribution is -0.0511. The van der Waals surface area contributed by atoms with Gasteiger partial charge in [0, 0.05) is 12.3 Å². The molecule has 0 spiro atoms. The first kappa shape index (κ1) is 18.3. The van der Waals surface area contributed by atoms with Gasteiger partial charge in [-0.2, -0.15) is 11.8 Å². The molecule has 0 saturated carbocycles. The summed E-state index contributed by atoms with van der Waals surface area (Å²) in [7, 11) is 0. The first-order valence-corrected chi connectivity index (χ1v) is 9.23. The molecule has 1 aliphatic heterocycles. The van der Waals surface area contributed by atoms with Crippen molar-refractivity contribution in [3.63, 3.8) is 0 Å². The third-order valence-corrected chi connectivity index (χ3v) is 5.10. The predicted molar refractivity (Wildman–Crippen MR) is 94.4 cm³/mol. The van der Waals surface area contributed by atoms with Gasteiger partial charge in [0.2, 0.25) is 0 Å². The van der Waals surface area contributed by atoms with Gasteiger partial charge in [0.25, 0.3) is 0 Å². The summed E-state index contributed by atoms with van der Waals surface area (Å²) in [5, 5.41) is 33.2. The van der Waals surface area contributed by atoms with E-state index in [2.05, 4.69) is 34.1 Å². The Morgan fingerprint density at radius 1 is 1.28 bits per heavy atom. The van der Waals surface area contributed by atoms with Crippen molar-refractivity contribution in [2.75, 3.05) is 24.2 Å². The number of hydrogen-bond acceptors (Lipinski definition) is 9. The van der Waals surface area contributed by atoms with Crippen molar-refractivity contribution in [2.45, 2.75) is 43.6 Å². The molecule has 25 heavy (non-hydrogen) atoms. The van der Waals surface area contributed by atoms with Crippen LogP contribution < -0.4 is 5.32 Å². The standard InChI is InChI=1S/C15H23N5O4S/c1-8(2)25-4-3-16-13-10-14(18-6-17-13)20(7-19-10)15-12(23)11(22)9(5-21)24-15/h6-9,11-12,15,21-23H,3-5H2,1-2H3,(H,16,17,18)/t9-,11-,12-,15-/m1/s1. The van der Waals surface area contributed by atoms with Crippen molar-refractivity contribution >= 4 is 28.7 Å². The zero-order chi connectivity index (χ0) is 18.0. The van der Waals surface area contributed by atoms with Crippen LogP contribution in [0.2, 0.25) is 0 Å². The average molecular weight is 369 g/mol. The zero-order valence-electron chi connectivity index (χ0n) is 14.1. The van der Waals surface area contributed by atoms with E-state index in [0.717, 1.165) is 12.3 Å². The SMILES string of the molecule is CC(C)SCCNc1ncnc2c1ncn2[C@@H]1O[C@H](CO)[C@@H](O)[C@H]1O. The number of fused-ring (bicyclic) bond motifs is 1. The molecule has 0 amide bonds. The van der Waals surface area contributed by atoms with E-state index in [-0.39, 0.29) is 6.61 Å². The van der Waals surface area contributed by atoms with Crippen molar-refractivity contribution < 1.29 is 20.1 Å². The Morgan fingerprint density at radius 3 is 2.76 bits per heavy atom. The van der Waals surface area contributed by atoms with Crippen LogP contribution in [0.15, 0.2) is 12.7 Å². The molecule has 0 radical (unpaired) electrons. The molecule has 0 bridgehead atoms. The van der Waals surface area contributed by atoms with Crippen LogP contribution in [0.5, 0.6) is 0 Å². The number of thioether (sulfide) groups is 1. The van der Waals surface area contributed by atoms with E-state index >= 15 is 0 Å². The second kappa shape index (κ2) is 7.83. The third kappa shape index (κ3) is 3.72. The van der Waals surface area contributed by atoms with Crippen LogP contribution in [0.25, 0.3) is 11.2 Å². The summed E-state index contributed by atoms with van der Waals surface area (Å²) < 4.78 is 7.09. The number of rotatable bonds is 7. The number of aliphatic hydroxyl groups is 3. The van der Waals surface area contributed by atoms with E-state index in [1.807, 2.05) is 11.8 Å². The molecule has 138 valence electrons. The van der Waals surface area contributed by atoms with Gasteiger partial charge in [0.1, 0.15) is 24.6 Å². The molecule has 0 aliphatic carbocycles. The van der Waals surface area contributed by atoms with Gasteiger partial charge in [-0.25, -0.2) is 15.0 Å². The van der Waals surface area contributed by atoms with E-state index in [1.54, 1.807) is 4.57 Å². The molecular formula is C15H23N5O4S. The Bertz CT molecular complexity index is 712. The summed E-state index contributed by atoms with van der Waals surface area (Å²) in [5.74, 6) is 1.55. The zero-order valence-corrected chi connectivity index (χ0v) is 14.9. The summed E-state index contributed by atoms with van der Waals surface area (Å²) in [5.41, 5.74) is 1.05. The molecule has 3 heterocycles. The first-order chi connectivity index (χ1) is 12.0. The second-order valence-electron chi connectivity index (χ2n) is 6.12. The number of anilines is 1. The fourth-order valence-electron chi connectivity index (χ4n) is 2.74. The predicted octanol–water partition coefficient (Wildman–Crippen LogP) is -0.00870. The lowest BCUT2D eigenvalue weighted by Crippen LogP contribution is -2.33. The van der Waals surface area contributed by atoms with Crippen molar-refractivity contribution in [3.05, 3.63) is 12.7 Å². The largest absolute Gasteiger partial charge is 0.394 e. The minimum atomic E-state index is -1.18. The maximum absolute atomic E-state index is 10.2. The molecule has 2 aromatic heterocycles. The summed E-state index contributed by atoms with van der Waals surface area (Å²) in [4.78, 5) is 12.8. The molecule has 2 aromatic rings. The molecule has 1 saturated heterocycles. The van der Waals surface area contributed by atoms with Crippen LogP contribution >= 0.6 is 11.8 Å². The highest BCUT2D eigenvalue weighted by atomic mass is 32.2. The molecule has 3 rings (SSSR count).